The van der Waals surface area contributed by atoms with Crippen molar-refractivity contribution in [2.45, 2.75) is 6.54 Å². The number of ether oxygens (including phenoxy) is 3. The molecule has 1 amide bonds. The average molecular weight is 390 g/mol. The average Bonchev–Trinajstić information content (AvgIpc) is 3.16. The third-order valence-electron chi connectivity index (χ3n) is 5.04. The number of rotatable bonds is 4. The van der Waals surface area contributed by atoms with Crippen molar-refractivity contribution in [2.24, 2.45) is 0 Å². The van der Waals surface area contributed by atoms with Crippen LogP contribution in [0.4, 0.5) is 0 Å². The van der Waals surface area contributed by atoms with E-state index in [1.54, 1.807) is 25.3 Å². The number of nitrogens with zero attached hydrogens (tertiary/aromatic N) is 1. The summed E-state index contributed by atoms with van der Waals surface area (Å²) in [6.45, 7) is 4.38. The lowest BCUT2D eigenvalue weighted by atomic mass is 10.1. The van der Waals surface area contributed by atoms with Gasteiger partial charge in [0.25, 0.3) is 5.91 Å². The molecule has 7 heteroatoms. The minimum Gasteiger partial charge on any atom is -0.496 e. The summed E-state index contributed by atoms with van der Waals surface area (Å²) >= 11 is 6.06. The zero-order chi connectivity index (χ0) is 18.8. The summed E-state index contributed by atoms with van der Waals surface area (Å²) < 4.78 is 16.1. The summed E-state index contributed by atoms with van der Waals surface area (Å²) in [5, 5.41) is 0.534. The molecule has 0 atom stereocenters. The molecule has 0 aliphatic carbocycles. The summed E-state index contributed by atoms with van der Waals surface area (Å²) in [6, 6.07) is 11.2. The van der Waals surface area contributed by atoms with E-state index < -0.39 is 0 Å². The van der Waals surface area contributed by atoms with Gasteiger partial charge in [-0.1, -0.05) is 11.6 Å². The minimum absolute atomic E-state index is 0.0310. The molecule has 2 aromatic rings. The second-order valence-electron chi connectivity index (χ2n) is 6.75. The predicted octanol–water partition coefficient (Wildman–Crippen LogP) is 1.62. The monoisotopic (exact) mass is 389 g/mol. The van der Waals surface area contributed by atoms with Crippen molar-refractivity contribution >= 4 is 17.5 Å². The van der Waals surface area contributed by atoms with E-state index in [0.717, 1.165) is 31.1 Å². The van der Waals surface area contributed by atoms with Crippen molar-refractivity contribution in [3.8, 4) is 17.2 Å². The van der Waals surface area contributed by atoms with Gasteiger partial charge < -0.3 is 24.0 Å². The molecule has 0 bridgehead atoms. The van der Waals surface area contributed by atoms with Gasteiger partial charge in [0, 0.05) is 10.6 Å². The number of quaternary nitrogens is 1. The van der Waals surface area contributed by atoms with Crippen molar-refractivity contribution in [3.05, 3.63) is 52.5 Å². The van der Waals surface area contributed by atoms with Gasteiger partial charge in [-0.3, -0.25) is 4.79 Å². The van der Waals surface area contributed by atoms with Crippen LogP contribution in [0.1, 0.15) is 15.9 Å². The van der Waals surface area contributed by atoms with E-state index >= 15 is 0 Å². The van der Waals surface area contributed by atoms with Gasteiger partial charge in [0.2, 0.25) is 6.79 Å². The fourth-order valence-electron chi connectivity index (χ4n) is 3.56. The van der Waals surface area contributed by atoms with Crippen LogP contribution in [0.2, 0.25) is 5.02 Å². The first-order valence-electron chi connectivity index (χ1n) is 8.99. The summed E-state index contributed by atoms with van der Waals surface area (Å²) in [5.41, 5.74) is 1.73. The second kappa shape index (κ2) is 7.66. The number of halogens is 1. The number of carbonyl (C=O) groups excluding carboxylic acids is 1. The molecule has 1 fully saturated rings. The highest BCUT2D eigenvalue weighted by Gasteiger charge is 2.27. The zero-order valence-corrected chi connectivity index (χ0v) is 15.9. The van der Waals surface area contributed by atoms with Crippen molar-refractivity contribution in [3.63, 3.8) is 0 Å². The summed E-state index contributed by atoms with van der Waals surface area (Å²) in [5.74, 6) is 2.14. The Kier molecular flexibility index (Phi) is 5.09. The van der Waals surface area contributed by atoms with Gasteiger partial charge in [0.15, 0.2) is 11.5 Å². The molecular formula is C20H22ClN2O4+. The van der Waals surface area contributed by atoms with Crippen LogP contribution in [0.5, 0.6) is 17.2 Å². The van der Waals surface area contributed by atoms with Crippen molar-refractivity contribution < 1.29 is 23.9 Å². The van der Waals surface area contributed by atoms with Gasteiger partial charge in [-0.2, -0.15) is 0 Å². The quantitative estimate of drug-likeness (QED) is 0.863. The van der Waals surface area contributed by atoms with Crippen LogP contribution in [0.15, 0.2) is 36.4 Å². The molecule has 2 aromatic carbocycles. The SMILES string of the molecule is COc1ccc(Cl)cc1C(=O)N1CC[NH+](Cc2ccc3c(c2)OCO3)CC1. The molecule has 2 aliphatic heterocycles. The molecule has 0 aromatic heterocycles. The highest BCUT2D eigenvalue weighted by atomic mass is 35.5. The number of carbonyl (C=O) groups is 1. The van der Waals surface area contributed by atoms with Crippen LogP contribution in [0, 0.1) is 0 Å². The maximum absolute atomic E-state index is 12.9. The Bertz CT molecular complexity index is 850. The van der Waals surface area contributed by atoms with Gasteiger partial charge in [-0.05, 0) is 36.4 Å². The summed E-state index contributed by atoms with van der Waals surface area (Å²) in [4.78, 5) is 16.2. The molecule has 1 saturated heterocycles. The molecule has 1 N–H and O–H groups in total. The molecule has 2 aliphatic rings. The second-order valence-corrected chi connectivity index (χ2v) is 7.19. The van der Waals surface area contributed by atoms with E-state index in [1.165, 1.54) is 10.5 Å². The number of fused-ring (bicyclic) bond motifs is 1. The molecule has 4 rings (SSSR count). The highest BCUT2D eigenvalue weighted by Crippen LogP contribution is 2.32. The summed E-state index contributed by atoms with van der Waals surface area (Å²) in [7, 11) is 1.56. The Hall–Kier alpha value is -2.44. The lowest BCUT2D eigenvalue weighted by molar-refractivity contribution is -0.917. The van der Waals surface area contributed by atoms with Crippen molar-refractivity contribution in [1.29, 1.82) is 0 Å². The Morgan fingerprint density at radius 3 is 2.70 bits per heavy atom. The lowest BCUT2D eigenvalue weighted by Gasteiger charge is -2.32. The van der Waals surface area contributed by atoms with Gasteiger partial charge in [-0.25, -0.2) is 0 Å². The van der Waals surface area contributed by atoms with Gasteiger partial charge in [-0.15, -0.1) is 0 Å². The van der Waals surface area contributed by atoms with E-state index in [-0.39, 0.29) is 5.91 Å². The van der Waals surface area contributed by atoms with Crippen LogP contribution in [0.3, 0.4) is 0 Å². The Balaban J connectivity index is 1.37. The molecule has 0 spiro atoms. The van der Waals surface area contributed by atoms with Crippen LogP contribution in [-0.4, -0.2) is 50.9 Å². The molecule has 6 nitrogen and oxygen atoms in total. The normalized spacial score (nSPS) is 16.4. The number of hydrogen-bond acceptors (Lipinski definition) is 4. The topological polar surface area (TPSA) is 52.4 Å². The number of amides is 1. The highest BCUT2D eigenvalue weighted by molar-refractivity contribution is 6.31. The Morgan fingerprint density at radius 1 is 1.15 bits per heavy atom. The molecule has 2 heterocycles. The number of piperazine rings is 1. The van der Waals surface area contributed by atoms with E-state index in [9.17, 15) is 4.79 Å². The van der Waals surface area contributed by atoms with Crippen molar-refractivity contribution in [2.75, 3.05) is 40.1 Å². The lowest BCUT2D eigenvalue weighted by Crippen LogP contribution is -3.13. The fraction of sp³-hybridized carbons (Fsp3) is 0.350. The van der Waals surface area contributed by atoms with E-state index in [1.807, 2.05) is 17.0 Å². The number of methoxy groups -OCH3 is 1. The molecule has 0 unspecified atom stereocenters. The Labute approximate surface area is 163 Å². The predicted molar refractivity (Wildman–Crippen MR) is 101 cm³/mol. The van der Waals surface area contributed by atoms with Gasteiger partial charge in [0.05, 0.1) is 38.9 Å². The van der Waals surface area contributed by atoms with Crippen LogP contribution >= 0.6 is 11.6 Å². The van der Waals surface area contributed by atoms with E-state index in [0.29, 0.717) is 36.2 Å². The zero-order valence-electron chi connectivity index (χ0n) is 15.2. The first kappa shape index (κ1) is 17.9. The maximum atomic E-state index is 12.9. The summed E-state index contributed by atoms with van der Waals surface area (Å²) in [6.07, 6.45) is 0. The smallest absolute Gasteiger partial charge is 0.258 e. The maximum Gasteiger partial charge on any atom is 0.258 e. The first-order chi connectivity index (χ1) is 13.1. The molecular weight excluding hydrogens is 368 g/mol. The fourth-order valence-corrected chi connectivity index (χ4v) is 3.73. The largest absolute Gasteiger partial charge is 0.496 e. The third kappa shape index (κ3) is 3.82. The van der Waals surface area contributed by atoms with Crippen LogP contribution < -0.4 is 19.1 Å². The molecule has 0 saturated carbocycles. The van der Waals surface area contributed by atoms with Crippen LogP contribution in [0.25, 0.3) is 0 Å². The first-order valence-corrected chi connectivity index (χ1v) is 9.37. The van der Waals surface area contributed by atoms with Gasteiger partial charge >= 0.3 is 0 Å². The number of benzene rings is 2. The molecule has 142 valence electrons. The van der Waals surface area contributed by atoms with Gasteiger partial charge in [0.1, 0.15) is 12.3 Å². The third-order valence-corrected chi connectivity index (χ3v) is 5.28. The Morgan fingerprint density at radius 2 is 1.93 bits per heavy atom. The minimum atomic E-state index is -0.0310. The number of hydrogen-bond donors (Lipinski definition) is 1. The standard InChI is InChI=1S/C20H21ClN2O4/c1-25-17-5-3-15(21)11-16(17)20(24)23-8-6-22(7-9-23)12-14-2-4-18-19(10-14)27-13-26-18/h2-5,10-11H,6-9,12-13H2,1H3/p+1. The molecule has 0 radical (unpaired) electrons. The van der Waals surface area contributed by atoms with Crippen LogP contribution in [-0.2, 0) is 6.54 Å². The number of nitrogens with one attached hydrogen (secondary N) is 1. The van der Waals surface area contributed by atoms with Crippen molar-refractivity contribution in [1.82, 2.24) is 4.90 Å². The molecule has 27 heavy (non-hydrogen) atoms. The van der Waals surface area contributed by atoms with E-state index in [4.69, 9.17) is 25.8 Å². The van der Waals surface area contributed by atoms with E-state index in [2.05, 4.69) is 6.07 Å².